The zero-order chi connectivity index (χ0) is 15.4. The van der Waals surface area contributed by atoms with Gasteiger partial charge in [0.15, 0.2) is 5.54 Å². The molecule has 4 nitrogen and oxygen atoms in total. The van der Waals surface area contributed by atoms with Gasteiger partial charge < -0.3 is 9.47 Å². The van der Waals surface area contributed by atoms with Gasteiger partial charge in [-0.25, -0.2) is 0 Å². The van der Waals surface area contributed by atoms with E-state index in [1.54, 1.807) is 0 Å². The van der Waals surface area contributed by atoms with Crippen LogP contribution in [-0.4, -0.2) is 33.0 Å². The number of hydrogen-bond acceptors (Lipinski definition) is 4. The fourth-order valence-corrected chi connectivity index (χ4v) is 2.09. The van der Waals surface area contributed by atoms with Crippen LogP contribution in [0.25, 0.3) is 0 Å². The average Bonchev–Trinajstić information content (AvgIpc) is 2.54. The summed E-state index contributed by atoms with van der Waals surface area (Å²) < 4.78 is 11.1. The highest BCUT2D eigenvalue weighted by molar-refractivity contribution is 5.31. The number of nitriles is 1. The van der Waals surface area contributed by atoms with Gasteiger partial charge in [0.2, 0.25) is 0 Å². The van der Waals surface area contributed by atoms with Gasteiger partial charge in [0.1, 0.15) is 0 Å². The van der Waals surface area contributed by atoms with Crippen LogP contribution in [0.2, 0.25) is 0 Å². The highest BCUT2D eigenvalue weighted by atomic mass is 16.5. The summed E-state index contributed by atoms with van der Waals surface area (Å²) in [6.45, 7) is 7.00. The molecule has 0 amide bonds. The minimum absolute atomic E-state index is 0.318. The van der Waals surface area contributed by atoms with Crippen molar-refractivity contribution in [3.63, 3.8) is 0 Å². The van der Waals surface area contributed by atoms with Gasteiger partial charge in [-0.05, 0) is 18.5 Å². The molecular weight excluding hydrogens is 264 g/mol. The van der Waals surface area contributed by atoms with E-state index >= 15 is 0 Å². The second-order valence-corrected chi connectivity index (χ2v) is 4.93. The number of nitrogens with zero attached hydrogens (tertiary/aromatic N) is 1. The van der Waals surface area contributed by atoms with E-state index in [9.17, 15) is 5.26 Å². The van der Waals surface area contributed by atoms with Crippen molar-refractivity contribution >= 4 is 0 Å². The van der Waals surface area contributed by atoms with E-state index in [1.165, 1.54) is 0 Å². The van der Waals surface area contributed by atoms with E-state index in [2.05, 4.69) is 18.3 Å². The molecule has 0 aliphatic heterocycles. The Kier molecular flexibility index (Phi) is 8.68. The van der Waals surface area contributed by atoms with Crippen LogP contribution < -0.4 is 5.32 Å². The van der Waals surface area contributed by atoms with Crippen molar-refractivity contribution in [2.24, 2.45) is 0 Å². The summed E-state index contributed by atoms with van der Waals surface area (Å²) >= 11 is 0. The first kappa shape index (κ1) is 17.6. The van der Waals surface area contributed by atoms with Crippen molar-refractivity contribution in [1.82, 2.24) is 5.32 Å². The second kappa shape index (κ2) is 10.3. The van der Waals surface area contributed by atoms with E-state index in [0.717, 1.165) is 25.0 Å². The highest BCUT2D eigenvalue weighted by Gasteiger charge is 2.31. The lowest BCUT2D eigenvalue weighted by molar-refractivity contribution is 0.0283. The van der Waals surface area contributed by atoms with Gasteiger partial charge >= 0.3 is 0 Å². The average molecular weight is 290 g/mol. The maximum absolute atomic E-state index is 9.61. The number of unbranched alkanes of at least 4 members (excludes halogenated alkanes) is 1. The number of ether oxygens (including phenoxy) is 2. The van der Waals surface area contributed by atoms with Crippen LogP contribution in [0.15, 0.2) is 30.3 Å². The van der Waals surface area contributed by atoms with Gasteiger partial charge in [0.25, 0.3) is 0 Å². The summed E-state index contributed by atoms with van der Waals surface area (Å²) in [6, 6.07) is 12.1. The molecule has 0 heterocycles. The lowest BCUT2D eigenvalue weighted by Crippen LogP contribution is -2.45. The van der Waals surface area contributed by atoms with Crippen LogP contribution in [-0.2, 0) is 15.0 Å². The van der Waals surface area contributed by atoms with E-state index in [4.69, 9.17) is 9.47 Å². The molecule has 0 bridgehead atoms. The Hall–Kier alpha value is -1.41. The lowest BCUT2D eigenvalue weighted by Gasteiger charge is -2.27. The third-order valence-electron chi connectivity index (χ3n) is 3.27. The third kappa shape index (κ3) is 5.84. The molecule has 0 aliphatic carbocycles. The molecule has 1 N–H and O–H groups in total. The first-order valence-electron chi connectivity index (χ1n) is 7.66. The molecule has 1 aromatic carbocycles. The van der Waals surface area contributed by atoms with Crippen LogP contribution in [0, 0.1) is 11.3 Å². The summed E-state index contributed by atoms with van der Waals surface area (Å²) in [7, 11) is 0. The zero-order valence-corrected chi connectivity index (χ0v) is 13.1. The SMILES string of the molecule is CCCCOCCOCC(C#N)(NCC)c1ccccc1. The normalized spacial score (nSPS) is 13.6. The van der Waals surface area contributed by atoms with Gasteiger partial charge in [-0.3, -0.25) is 5.32 Å². The topological polar surface area (TPSA) is 54.3 Å². The van der Waals surface area contributed by atoms with Gasteiger partial charge in [0.05, 0.1) is 25.9 Å². The molecule has 1 atom stereocenters. The Morgan fingerprint density at radius 3 is 2.43 bits per heavy atom. The fourth-order valence-electron chi connectivity index (χ4n) is 2.09. The molecular formula is C17H26N2O2. The van der Waals surface area contributed by atoms with Crippen LogP contribution in [0.1, 0.15) is 32.3 Å². The molecule has 1 unspecified atom stereocenters. The van der Waals surface area contributed by atoms with E-state index in [0.29, 0.717) is 26.4 Å². The molecule has 21 heavy (non-hydrogen) atoms. The Balaban J connectivity index is 2.50. The Morgan fingerprint density at radius 1 is 1.10 bits per heavy atom. The van der Waals surface area contributed by atoms with Crippen LogP contribution in [0.3, 0.4) is 0 Å². The lowest BCUT2D eigenvalue weighted by atomic mass is 9.92. The van der Waals surface area contributed by atoms with Gasteiger partial charge in [-0.15, -0.1) is 0 Å². The predicted octanol–water partition coefficient (Wildman–Crippen LogP) is 2.85. The summed E-state index contributed by atoms with van der Waals surface area (Å²) in [5.74, 6) is 0. The minimum atomic E-state index is -0.792. The first-order valence-corrected chi connectivity index (χ1v) is 7.66. The van der Waals surface area contributed by atoms with E-state index in [-0.39, 0.29) is 0 Å². The second-order valence-electron chi connectivity index (χ2n) is 4.93. The molecule has 0 saturated carbocycles. The smallest absolute Gasteiger partial charge is 0.155 e. The molecule has 0 radical (unpaired) electrons. The minimum Gasteiger partial charge on any atom is -0.379 e. The maximum atomic E-state index is 9.61. The molecule has 4 heteroatoms. The monoisotopic (exact) mass is 290 g/mol. The molecule has 0 fully saturated rings. The van der Waals surface area contributed by atoms with E-state index in [1.807, 2.05) is 37.3 Å². The largest absolute Gasteiger partial charge is 0.379 e. The Morgan fingerprint density at radius 2 is 1.81 bits per heavy atom. The zero-order valence-electron chi connectivity index (χ0n) is 13.1. The molecule has 0 aliphatic rings. The number of hydrogen-bond donors (Lipinski definition) is 1. The number of likely N-dealkylation sites (N-methyl/N-ethyl adjacent to an activating group) is 1. The first-order chi connectivity index (χ1) is 10.3. The predicted molar refractivity (Wildman–Crippen MR) is 84.0 cm³/mol. The number of rotatable bonds is 11. The maximum Gasteiger partial charge on any atom is 0.155 e. The molecule has 0 saturated heterocycles. The fraction of sp³-hybridized carbons (Fsp3) is 0.588. The molecule has 0 spiro atoms. The quantitative estimate of drug-likeness (QED) is 0.637. The third-order valence-corrected chi connectivity index (χ3v) is 3.27. The van der Waals surface area contributed by atoms with Crippen molar-refractivity contribution < 1.29 is 9.47 Å². The van der Waals surface area contributed by atoms with Gasteiger partial charge in [-0.2, -0.15) is 5.26 Å². The summed E-state index contributed by atoms with van der Waals surface area (Å²) in [6.07, 6.45) is 2.20. The molecule has 116 valence electrons. The molecule has 0 aromatic heterocycles. The van der Waals surface area contributed by atoms with Crippen LogP contribution in [0.4, 0.5) is 0 Å². The van der Waals surface area contributed by atoms with Crippen LogP contribution in [0.5, 0.6) is 0 Å². The summed E-state index contributed by atoms with van der Waals surface area (Å²) in [5.41, 5.74) is 0.139. The van der Waals surface area contributed by atoms with Crippen molar-refractivity contribution in [1.29, 1.82) is 5.26 Å². The van der Waals surface area contributed by atoms with E-state index < -0.39 is 5.54 Å². The molecule has 1 aromatic rings. The molecule has 1 rings (SSSR count). The van der Waals surface area contributed by atoms with Crippen molar-refractivity contribution in [2.75, 3.05) is 33.0 Å². The van der Waals surface area contributed by atoms with Gasteiger partial charge in [-0.1, -0.05) is 50.6 Å². The van der Waals surface area contributed by atoms with Crippen molar-refractivity contribution in [2.45, 2.75) is 32.2 Å². The summed E-state index contributed by atoms with van der Waals surface area (Å²) in [5, 5.41) is 12.9. The van der Waals surface area contributed by atoms with Gasteiger partial charge in [0, 0.05) is 6.61 Å². The summed E-state index contributed by atoms with van der Waals surface area (Å²) in [4.78, 5) is 0. The van der Waals surface area contributed by atoms with Crippen LogP contribution >= 0.6 is 0 Å². The highest BCUT2D eigenvalue weighted by Crippen LogP contribution is 2.20. The van der Waals surface area contributed by atoms with Crippen molar-refractivity contribution in [3.05, 3.63) is 35.9 Å². The number of benzene rings is 1. The van der Waals surface area contributed by atoms with Crippen molar-refractivity contribution in [3.8, 4) is 6.07 Å². The Labute approximate surface area is 128 Å². The number of nitrogens with one attached hydrogen (secondary N) is 1. The Bertz CT molecular complexity index is 417. The standard InChI is InChI=1S/C17H26N2O2/c1-3-5-11-20-12-13-21-15-17(14-18,19-4-2)16-9-7-6-8-10-16/h6-10,19H,3-5,11-13,15H2,1-2H3.